The molecule has 0 unspecified atom stereocenters. The van der Waals surface area contributed by atoms with Crippen molar-refractivity contribution in [2.75, 3.05) is 24.5 Å². The molecule has 134 valence electrons. The number of nitrogens with zero attached hydrogens (tertiary/aromatic N) is 1. The minimum absolute atomic E-state index is 0.0203. The predicted molar refractivity (Wildman–Crippen MR) is 100 cm³/mol. The molecule has 0 bridgehead atoms. The number of carbonyl (C=O) groups excluding carboxylic acids is 1. The Balaban J connectivity index is 1.59. The largest absolute Gasteiger partial charge is 0.336 e. The Morgan fingerprint density at radius 1 is 1.12 bits per heavy atom. The van der Waals surface area contributed by atoms with Crippen LogP contribution in [0.15, 0.2) is 53.4 Å². The molecule has 0 saturated carbocycles. The quantitative estimate of drug-likeness (QED) is 0.808. The van der Waals surface area contributed by atoms with Gasteiger partial charge in [0.1, 0.15) is 0 Å². The van der Waals surface area contributed by atoms with Gasteiger partial charge in [-0.2, -0.15) is 4.72 Å². The van der Waals surface area contributed by atoms with Crippen LogP contribution in [0.1, 0.15) is 11.1 Å². The van der Waals surface area contributed by atoms with E-state index in [2.05, 4.69) is 21.9 Å². The molecular weight excluding hydrogens is 350 g/mol. The van der Waals surface area contributed by atoms with E-state index in [0.29, 0.717) is 13.1 Å². The molecule has 2 N–H and O–H groups in total. The zero-order valence-corrected chi connectivity index (χ0v) is 15.1. The van der Waals surface area contributed by atoms with Crippen molar-refractivity contribution in [3.05, 3.63) is 59.7 Å². The predicted octanol–water partition coefficient (Wildman–Crippen LogP) is 1.85. The summed E-state index contributed by atoms with van der Waals surface area (Å²) in [6.45, 7) is 3.20. The summed E-state index contributed by atoms with van der Waals surface area (Å²) in [5.74, 6) is 5.71. The summed E-state index contributed by atoms with van der Waals surface area (Å²) in [7, 11) is -3.56. The van der Waals surface area contributed by atoms with E-state index in [1.165, 1.54) is 0 Å². The van der Waals surface area contributed by atoms with Gasteiger partial charge >= 0.3 is 6.03 Å². The van der Waals surface area contributed by atoms with Gasteiger partial charge in [0.25, 0.3) is 0 Å². The highest BCUT2D eigenvalue weighted by atomic mass is 32.2. The standard InChI is InChI=1S/C19H19N3O3S/c1-15-4-10-18(11-5-15)26(24,25)21-12-2-3-16-6-8-17(9-7-16)22-14-13-20-19(22)23/h4-11,21H,12-14H2,1H3,(H,20,23). The van der Waals surface area contributed by atoms with Gasteiger partial charge in [-0.3, -0.25) is 4.90 Å². The summed E-state index contributed by atoms with van der Waals surface area (Å²) in [5, 5.41) is 2.75. The lowest BCUT2D eigenvalue weighted by Crippen LogP contribution is -2.27. The van der Waals surface area contributed by atoms with Crippen molar-refractivity contribution in [3.63, 3.8) is 0 Å². The Labute approximate surface area is 153 Å². The van der Waals surface area contributed by atoms with Gasteiger partial charge in [-0.25, -0.2) is 13.2 Å². The van der Waals surface area contributed by atoms with Crippen LogP contribution in [0, 0.1) is 18.8 Å². The summed E-state index contributed by atoms with van der Waals surface area (Å²) < 4.78 is 26.8. The van der Waals surface area contributed by atoms with E-state index >= 15 is 0 Å². The lowest BCUT2D eigenvalue weighted by atomic mass is 10.2. The topological polar surface area (TPSA) is 78.5 Å². The number of hydrogen-bond acceptors (Lipinski definition) is 3. The Bertz CT molecular complexity index is 956. The van der Waals surface area contributed by atoms with Crippen LogP contribution in [0.25, 0.3) is 0 Å². The fourth-order valence-electron chi connectivity index (χ4n) is 2.52. The van der Waals surface area contributed by atoms with E-state index in [9.17, 15) is 13.2 Å². The molecule has 2 amide bonds. The van der Waals surface area contributed by atoms with Gasteiger partial charge in [0.15, 0.2) is 0 Å². The van der Waals surface area contributed by atoms with Crippen LogP contribution >= 0.6 is 0 Å². The lowest BCUT2D eigenvalue weighted by molar-refractivity contribution is 0.252. The maximum absolute atomic E-state index is 12.2. The number of rotatable bonds is 4. The highest BCUT2D eigenvalue weighted by Crippen LogP contribution is 2.16. The van der Waals surface area contributed by atoms with E-state index in [4.69, 9.17) is 0 Å². The molecule has 0 aliphatic carbocycles. The first kappa shape index (κ1) is 18.0. The number of benzene rings is 2. The molecule has 6 nitrogen and oxygen atoms in total. The number of nitrogens with one attached hydrogen (secondary N) is 2. The summed E-state index contributed by atoms with van der Waals surface area (Å²) in [5.41, 5.74) is 2.56. The molecule has 2 aromatic carbocycles. The zero-order chi connectivity index (χ0) is 18.6. The second-order valence-electron chi connectivity index (χ2n) is 5.87. The zero-order valence-electron chi connectivity index (χ0n) is 14.3. The Hall–Kier alpha value is -2.82. The van der Waals surface area contributed by atoms with E-state index in [1.807, 2.05) is 31.2 Å². The van der Waals surface area contributed by atoms with Crippen molar-refractivity contribution >= 4 is 21.7 Å². The first-order valence-electron chi connectivity index (χ1n) is 8.16. The maximum atomic E-state index is 12.2. The van der Waals surface area contributed by atoms with Crippen LogP contribution in [0.4, 0.5) is 10.5 Å². The van der Waals surface area contributed by atoms with Crippen LogP contribution in [0.3, 0.4) is 0 Å². The van der Waals surface area contributed by atoms with Gasteiger partial charge < -0.3 is 5.32 Å². The first-order valence-corrected chi connectivity index (χ1v) is 9.65. The van der Waals surface area contributed by atoms with Crippen LogP contribution in [-0.4, -0.2) is 34.1 Å². The Kier molecular flexibility index (Phi) is 5.26. The lowest BCUT2D eigenvalue weighted by Gasteiger charge is -2.13. The average Bonchev–Trinajstić information content (AvgIpc) is 3.06. The van der Waals surface area contributed by atoms with E-state index < -0.39 is 10.0 Å². The number of anilines is 1. The molecule has 26 heavy (non-hydrogen) atoms. The number of carbonyl (C=O) groups is 1. The molecule has 1 aliphatic heterocycles. The van der Waals surface area contributed by atoms with Crippen molar-refractivity contribution in [3.8, 4) is 11.8 Å². The summed E-state index contributed by atoms with van der Waals surface area (Å²) in [4.78, 5) is 13.5. The average molecular weight is 369 g/mol. The smallest absolute Gasteiger partial charge is 0.321 e. The van der Waals surface area contributed by atoms with Crippen molar-refractivity contribution in [2.45, 2.75) is 11.8 Å². The van der Waals surface area contributed by atoms with E-state index in [0.717, 1.165) is 16.8 Å². The monoisotopic (exact) mass is 369 g/mol. The number of aryl methyl sites for hydroxylation is 1. The van der Waals surface area contributed by atoms with Crippen molar-refractivity contribution in [1.82, 2.24) is 10.0 Å². The van der Waals surface area contributed by atoms with Crippen LogP contribution < -0.4 is 14.9 Å². The number of sulfonamides is 1. The molecule has 3 rings (SSSR count). The Morgan fingerprint density at radius 3 is 2.42 bits per heavy atom. The SMILES string of the molecule is Cc1ccc(S(=O)(=O)NCC#Cc2ccc(N3CCNC3=O)cc2)cc1. The second kappa shape index (κ2) is 7.60. The van der Waals surface area contributed by atoms with Crippen LogP contribution in [-0.2, 0) is 10.0 Å². The molecule has 0 spiro atoms. The minimum Gasteiger partial charge on any atom is -0.336 e. The molecule has 0 aromatic heterocycles. The molecule has 2 aromatic rings. The van der Waals surface area contributed by atoms with Crippen LogP contribution in [0.5, 0.6) is 0 Å². The number of urea groups is 1. The van der Waals surface area contributed by atoms with Gasteiger partial charge in [-0.15, -0.1) is 0 Å². The van der Waals surface area contributed by atoms with E-state index in [1.54, 1.807) is 29.2 Å². The highest BCUT2D eigenvalue weighted by Gasteiger charge is 2.20. The number of hydrogen-bond donors (Lipinski definition) is 2. The second-order valence-corrected chi connectivity index (χ2v) is 7.64. The third kappa shape index (κ3) is 4.23. The molecule has 1 fully saturated rings. The molecule has 7 heteroatoms. The summed E-state index contributed by atoms with van der Waals surface area (Å²) in [6, 6.07) is 13.8. The Morgan fingerprint density at radius 2 is 1.81 bits per heavy atom. The highest BCUT2D eigenvalue weighted by molar-refractivity contribution is 7.89. The minimum atomic E-state index is -3.56. The molecule has 0 radical (unpaired) electrons. The van der Waals surface area contributed by atoms with Gasteiger partial charge in [-0.1, -0.05) is 29.5 Å². The fraction of sp³-hybridized carbons (Fsp3) is 0.211. The maximum Gasteiger partial charge on any atom is 0.321 e. The van der Waals surface area contributed by atoms with Gasteiger partial charge in [-0.05, 0) is 43.3 Å². The molecule has 1 saturated heterocycles. The summed E-state index contributed by atoms with van der Waals surface area (Å²) in [6.07, 6.45) is 0. The first-order chi connectivity index (χ1) is 12.5. The van der Waals surface area contributed by atoms with E-state index in [-0.39, 0.29) is 17.5 Å². The summed E-state index contributed by atoms with van der Waals surface area (Å²) >= 11 is 0. The molecule has 1 aliphatic rings. The third-order valence-corrected chi connectivity index (χ3v) is 5.37. The van der Waals surface area contributed by atoms with Crippen molar-refractivity contribution in [1.29, 1.82) is 0 Å². The van der Waals surface area contributed by atoms with Crippen molar-refractivity contribution in [2.24, 2.45) is 0 Å². The van der Waals surface area contributed by atoms with Crippen LogP contribution in [0.2, 0.25) is 0 Å². The van der Waals surface area contributed by atoms with Gasteiger partial charge in [0.2, 0.25) is 10.0 Å². The molecular formula is C19H19N3O3S. The number of amides is 2. The third-order valence-electron chi connectivity index (χ3n) is 3.95. The van der Waals surface area contributed by atoms with Gasteiger partial charge in [0.05, 0.1) is 11.4 Å². The van der Waals surface area contributed by atoms with Crippen molar-refractivity contribution < 1.29 is 13.2 Å². The fourth-order valence-corrected chi connectivity index (χ4v) is 3.44. The molecule has 0 atom stereocenters. The van der Waals surface area contributed by atoms with Gasteiger partial charge in [0, 0.05) is 24.3 Å². The molecule has 1 heterocycles. The normalized spacial score (nSPS) is 13.9.